The maximum absolute atomic E-state index is 12.1. The van der Waals surface area contributed by atoms with Gasteiger partial charge in [-0.25, -0.2) is 18.2 Å². The summed E-state index contributed by atoms with van der Waals surface area (Å²) in [4.78, 5) is 28.8. The van der Waals surface area contributed by atoms with Gasteiger partial charge in [-0.15, -0.1) is 0 Å². The Morgan fingerprint density at radius 3 is 2.53 bits per heavy atom. The van der Waals surface area contributed by atoms with Crippen molar-refractivity contribution in [2.45, 2.75) is 37.7 Å². The minimum absolute atomic E-state index is 0.0270. The van der Waals surface area contributed by atoms with Gasteiger partial charge >= 0.3 is 11.8 Å². The van der Waals surface area contributed by atoms with Crippen molar-refractivity contribution in [1.29, 1.82) is 0 Å². The average Bonchev–Trinajstić information content (AvgIpc) is 2.80. The zero-order chi connectivity index (χ0) is 24.9. The Morgan fingerprint density at radius 2 is 1.94 bits per heavy atom. The lowest BCUT2D eigenvalue weighted by Crippen LogP contribution is -2.38. The summed E-state index contributed by atoms with van der Waals surface area (Å²) < 4.78 is 39.9. The number of sulfone groups is 1. The third-order valence-electron chi connectivity index (χ3n) is 5.26. The van der Waals surface area contributed by atoms with E-state index in [9.17, 15) is 23.3 Å². The van der Waals surface area contributed by atoms with Crippen LogP contribution in [0.25, 0.3) is 0 Å². The van der Waals surface area contributed by atoms with Crippen LogP contribution < -0.4 is 15.4 Å². The number of benzene rings is 1. The number of nitro groups is 1. The fourth-order valence-corrected chi connectivity index (χ4v) is 4.40. The summed E-state index contributed by atoms with van der Waals surface area (Å²) in [6.45, 7) is 4.14. The van der Waals surface area contributed by atoms with Crippen LogP contribution in [-0.4, -0.2) is 56.0 Å². The number of hydrogen-bond donors (Lipinski definition) is 1. The topological polar surface area (TPSA) is 164 Å². The zero-order valence-corrected chi connectivity index (χ0v) is 19.6. The molecule has 0 bridgehead atoms. The molecular weight excluding hydrogens is 468 g/mol. The first-order valence-electron chi connectivity index (χ1n) is 10.7. The summed E-state index contributed by atoms with van der Waals surface area (Å²) in [7, 11) is -3.47. The van der Waals surface area contributed by atoms with Crippen molar-refractivity contribution in [3.05, 3.63) is 40.6 Å². The number of carbonyl (C=O) groups excluding carboxylic acids is 1. The van der Waals surface area contributed by atoms with Gasteiger partial charge in [-0.3, -0.25) is 10.1 Å². The van der Waals surface area contributed by atoms with Gasteiger partial charge in [-0.2, -0.15) is 0 Å². The molecule has 184 valence electrons. The zero-order valence-electron chi connectivity index (χ0n) is 18.8. The molecule has 0 saturated carbocycles. The van der Waals surface area contributed by atoms with Crippen LogP contribution >= 0.6 is 0 Å². The van der Waals surface area contributed by atoms with Crippen LogP contribution in [0.3, 0.4) is 0 Å². The SMILES string of the molecule is CCOC(=O)OC1CCN(c2nccc(Oc3ccc(S(=O)(=O)CC)cc3N)c2[N+](=O)[O-])CC1. The van der Waals surface area contributed by atoms with Crippen LogP contribution in [0.5, 0.6) is 11.5 Å². The molecule has 13 heteroatoms. The lowest BCUT2D eigenvalue weighted by atomic mass is 10.1. The maximum atomic E-state index is 12.1. The van der Waals surface area contributed by atoms with Gasteiger partial charge in [0.1, 0.15) is 6.10 Å². The van der Waals surface area contributed by atoms with Crippen molar-refractivity contribution in [1.82, 2.24) is 4.98 Å². The third-order valence-corrected chi connectivity index (χ3v) is 6.99. The molecule has 3 rings (SSSR count). The molecule has 0 amide bonds. The van der Waals surface area contributed by atoms with Crippen molar-refractivity contribution in [2.75, 3.05) is 36.1 Å². The number of nitrogens with two attached hydrogens (primary N) is 1. The number of aromatic nitrogens is 1. The van der Waals surface area contributed by atoms with Crippen LogP contribution in [0.1, 0.15) is 26.7 Å². The standard InChI is InChI=1S/C21H26N4O8S/c1-3-31-21(26)32-14-8-11-24(12-9-14)20-19(25(27)28)18(7-10-23-20)33-17-6-5-15(13-16(17)22)34(29,30)4-2/h5-7,10,13-14H,3-4,8-9,11-12,22H2,1-2H3. The minimum Gasteiger partial charge on any atom is -0.448 e. The largest absolute Gasteiger partial charge is 0.508 e. The van der Waals surface area contributed by atoms with E-state index in [4.69, 9.17) is 19.9 Å². The van der Waals surface area contributed by atoms with Gasteiger partial charge < -0.3 is 24.8 Å². The molecule has 1 fully saturated rings. The molecule has 0 unspecified atom stereocenters. The molecule has 1 aliphatic rings. The van der Waals surface area contributed by atoms with Crippen molar-refractivity contribution in [2.24, 2.45) is 0 Å². The molecule has 0 radical (unpaired) electrons. The molecular formula is C21H26N4O8S. The van der Waals surface area contributed by atoms with E-state index < -0.39 is 20.9 Å². The van der Waals surface area contributed by atoms with Gasteiger partial charge in [0.15, 0.2) is 15.6 Å². The highest BCUT2D eigenvalue weighted by Crippen LogP contribution is 2.40. The Labute approximate surface area is 196 Å². The second-order valence-electron chi connectivity index (χ2n) is 7.43. The van der Waals surface area contributed by atoms with E-state index in [1.807, 2.05) is 0 Å². The third kappa shape index (κ3) is 5.65. The Hall–Kier alpha value is -3.61. The van der Waals surface area contributed by atoms with Crippen LogP contribution in [0.15, 0.2) is 35.4 Å². The van der Waals surface area contributed by atoms with Crippen LogP contribution in [0, 0.1) is 10.1 Å². The fraction of sp³-hybridized carbons (Fsp3) is 0.429. The highest BCUT2D eigenvalue weighted by molar-refractivity contribution is 7.91. The molecule has 12 nitrogen and oxygen atoms in total. The van der Waals surface area contributed by atoms with Gasteiger partial charge in [-0.1, -0.05) is 6.92 Å². The van der Waals surface area contributed by atoms with E-state index in [0.717, 1.165) is 0 Å². The fourth-order valence-electron chi connectivity index (χ4n) is 3.48. The van der Waals surface area contributed by atoms with Crippen LogP contribution in [0.2, 0.25) is 0 Å². The monoisotopic (exact) mass is 494 g/mol. The minimum atomic E-state index is -3.47. The van der Waals surface area contributed by atoms with Gasteiger partial charge in [0, 0.05) is 38.2 Å². The summed E-state index contributed by atoms with van der Waals surface area (Å²) in [5.74, 6) is 0.0169. The maximum Gasteiger partial charge on any atom is 0.508 e. The Balaban J connectivity index is 1.82. The number of rotatable bonds is 8. The lowest BCUT2D eigenvalue weighted by molar-refractivity contribution is -0.385. The summed E-state index contributed by atoms with van der Waals surface area (Å²) >= 11 is 0. The quantitative estimate of drug-likeness (QED) is 0.248. The van der Waals surface area contributed by atoms with Crippen molar-refractivity contribution >= 4 is 33.2 Å². The van der Waals surface area contributed by atoms with Gasteiger partial charge in [0.05, 0.1) is 27.9 Å². The van der Waals surface area contributed by atoms with Gasteiger partial charge in [0.2, 0.25) is 11.6 Å². The second kappa shape index (κ2) is 10.5. The lowest BCUT2D eigenvalue weighted by Gasteiger charge is -2.31. The molecule has 34 heavy (non-hydrogen) atoms. The number of nitrogen functional groups attached to an aromatic ring is 1. The number of pyridine rings is 1. The van der Waals surface area contributed by atoms with Crippen LogP contribution in [-0.2, 0) is 19.3 Å². The number of piperidine rings is 1. The van der Waals surface area contributed by atoms with E-state index in [1.165, 1.54) is 37.4 Å². The molecule has 1 aromatic heterocycles. The Morgan fingerprint density at radius 1 is 1.24 bits per heavy atom. The van der Waals surface area contributed by atoms with E-state index in [1.54, 1.807) is 11.8 Å². The normalized spacial score (nSPS) is 14.5. The summed E-state index contributed by atoms with van der Waals surface area (Å²) in [6.07, 6.45) is 1.18. The van der Waals surface area contributed by atoms with Crippen molar-refractivity contribution < 1.29 is 32.3 Å². The number of carbonyl (C=O) groups is 1. The molecule has 2 heterocycles. The van der Waals surface area contributed by atoms with Crippen molar-refractivity contribution in [3.8, 4) is 11.5 Å². The Kier molecular flexibility index (Phi) is 7.76. The summed E-state index contributed by atoms with van der Waals surface area (Å²) in [5, 5.41) is 11.9. The van der Waals surface area contributed by atoms with E-state index in [-0.39, 0.29) is 52.1 Å². The number of hydrogen-bond acceptors (Lipinski definition) is 11. The van der Waals surface area contributed by atoms with Gasteiger partial charge in [0.25, 0.3) is 0 Å². The smallest absolute Gasteiger partial charge is 0.448 e. The Bertz CT molecular complexity index is 1160. The molecule has 2 aromatic rings. The molecule has 1 saturated heterocycles. The molecule has 0 spiro atoms. The molecule has 2 N–H and O–H groups in total. The number of anilines is 2. The predicted octanol–water partition coefficient (Wildman–Crippen LogP) is 3.30. The van der Waals surface area contributed by atoms with Crippen LogP contribution in [0.4, 0.5) is 22.0 Å². The second-order valence-corrected chi connectivity index (χ2v) is 9.71. The highest BCUT2D eigenvalue weighted by Gasteiger charge is 2.31. The first-order valence-corrected chi connectivity index (χ1v) is 12.3. The highest BCUT2D eigenvalue weighted by atomic mass is 32.2. The molecule has 0 atom stereocenters. The van der Waals surface area contributed by atoms with E-state index in [0.29, 0.717) is 25.9 Å². The summed E-state index contributed by atoms with van der Waals surface area (Å²) in [6, 6.07) is 5.30. The number of nitrogens with zero attached hydrogens (tertiary/aromatic N) is 3. The predicted molar refractivity (Wildman–Crippen MR) is 123 cm³/mol. The average molecular weight is 495 g/mol. The van der Waals surface area contributed by atoms with E-state index in [2.05, 4.69) is 4.98 Å². The van der Waals surface area contributed by atoms with E-state index >= 15 is 0 Å². The summed E-state index contributed by atoms with van der Waals surface area (Å²) in [5.41, 5.74) is 5.64. The number of ether oxygens (including phenoxy) is 3. The van der Waals surface area contributed by atoms with Gasteiger partial charge in [-0.05, 0) is 25.1 Å². The molecule has 1 aliphatic heterocycles. The molecule has 0 aliphatic carbocycles. The first-order chi connectivity index (χ1) is 16.2. The van der Waals surface area contributed by atoms with Crippen molar-refractivity contribution in [3.63, 3.8) is 0 Å². The first kappa shape index (κ1) is 25.0. The molecule has 1 aromatic carbocycles.